The van der Waals surface area contributed by atoms with Crippen LogP contribution in [0, 0.1) is 46.9 Å². The third-order valence-electron chi connectivity index (χ3n) is 11.3. The van der Waals surface area contributed by atoms with Gasteiger partial charge in [0.25, 0.3) is 20.0 Å². The molecule has 5 aromatic carbocycles. The molecule has 7 rings (SSSR count). The largest absolute Gasteiger partial charge is 0.456 e. The highest BCUT2D eigenvalue weighted by molar-refractivity contribution is 8.04. The van der Waals surface area contributed by atoms with E-state index in [0.29, 0.717) is 62.6 Å². The third-order valence-corrected chi connectivity index (χ3v) is 15.3. The van der Waals surface area contributed by atoms with E-state index < -0.39 is 58.0 Å². The van der Waals surface area contributed by atoms with Gasteiger partial charge in [-0.25, -0.2) is 39.4 Å². The van der Waals surface area contributed by atoms with Crippen LogP contribution in [0.5, 0.6) is 0 Å². The number of nitrogens with one attached hydrogen (secondary N) is 2. The molecule has 2 N–H and O–H groups in total. The molecule has 5 aromatic rings. The lowest BCUT2D eigenvalue weighted by atomic mass is 9.93. The van der Waals surface area contributed by atoms with Crippen molar-refractivity contribution in [2.24, 2.45) is 28.7 Å². The number of fused-ring (bicyclic) bond motifs is 2. The normalized spacial score (nSPS) is 12.8. The molecule has 0 saturated heterocycles. The van der Waals surface area contributed by atoms with Crippen molar-refractivity contribution in [1.29, 1.82) is 0 Å². The molecule has 2 aliphatic rings. The monoisotopic (exact) mass is 985 g/mol. The molecule has 0 atom stereocenters. The quantitative estimate of drug-likeness (QED) is 0.0384. The van der Waals surface area contributed by atoms with Gasteiger partial charge in [-0.15, -0.1) is 16.8 Å². The summed E-state index contributed by atoms with van der Waals surface area (Å²) in [4.78, 5) is 1.02. The van der Waals surface area contributed by atoms with E-state index in [1.165, 1.54) is 16.3 Å². The van der Waals surface area contributed by atoms with Crippen LogP contribution >= 0.6 is 12.6 Å². The Morgan fingerprint density at radius 3 is 1.68 bits per heavy atom. The Morgan fingerprint density at radius 1 is 0.588 bits per heavy atom. The Labute approximate surface area is 401 Å². The second kappa shape index (κ2) is 20.2. The van der Waals surface area contributed by atoms with Gasteiger partial charge < -0.3 is 9.73 Å². The van der Waals surface area contributed by atoms with Crippen LogP contribution in [0.15, 0.2) is 121 Å². The summed E-state index contributed by atoms with van der Waals surface area (Å²) in [6, 6.07) is 28.7. The smallest absolute Gasteiger partial charge is 0.259 e. The van der Waals surface area contributed by atoms with Crippen LogP contribution < -0.4 is 14.8 Å². The highest BCUT2D eigenvalue weighted by Crippen LogP contribution is 2.44. The summed E-state index contributed by atoms with van der Waals surface area (Å²) in [5, 5.41) is 4.66. The molecule has 0 aromatic heterocycles. The van der Waals surface area contributed by atoms with Gasteiger partial charge in [-0.05, 0) is 102 Å². The van der Waals surface area contributed by atoms with E-state index in [0.717, 1.165) is 65.4 Å². The highest BCUT2D eigenvalue weighted by Gasteiger charge is 2.37. The van der Waals surface area contributed by atoms with Gasteiger partial charge in [0.1, 0.15) is 11.3 Å². The summed E-state index contributed by atoms with van der Waals surface area (Å²) >= 11 is 3.40. The van der Waals surface area contributed by atoms with Crippen molar-refractivity contribution in [1.82, 2.24) is 4.13 Å². The third kappa shape index (κ3) is 10.7. The SMILES string of the molecule is CC(C)Cc1cccc(CC(C)C)c1N=c1ccc2c(-c3ccccc3S(=O)(=O)NS(=O)(=O)c3c(F)c(F)c(S)c(F)c3F)c3ccc(Nc4c(CC(C)C)cccc4CC(C)C)cc3oc-2c1. The first-order chi connectivity index (χ1) is 32.1. The van der Waals surface area contributed by atoms with E-state index >= 15 is 8.78 Å². The van der Waals surface area contributed by atoms with Gasteiger partial charge in [0, 0.05) is 45.6 Å². The molecule has 0 unspecified atom stereocenters. The van der Waals surface area contributed by atoms with Gasteiger partial charge in [-0.2, -0.15) is 0 Å². The van der Waals surface area contributed by atoms with Gasteiger partial charge in [0.05, 0.1) is 20.8 Å². The number of nitrogens with zero attached hydrogens (tertiary/aromatic N) is 1. The number of thiol groups is 1. The number of sulfonamides is 2. The summed E-state index contributed by atoms with van der Waals surface area (Å²) in [6.07, 6.45) is 3.24. The number of hydrogen-bond donors (Lipinski definition) is 3. The van der Waals surface area contributed by atoms with E-state index in [9.17, 15) is 25.6 Å². The van der Waals surface area contributed by atoms with Crippen LogP contribution in [0.3, 0.4) is 0 Å². The number of benzene rings is 6. The van der Waals surface area contributed by atoms with Crippen molar-refractivity contribution in [3.63, 3.8) is 0 Å². The fraction of sp³-hybridized carbons (Fsp3) is 0.302. The van der Waals surface area contributed by atoms with Crippen molar-refractivity contribution in [3.05, 3.63) is 148 Å². The summed E-state index contributed by atoms with van der Waals surface area (Å²) in [7, 11) is -11.1. The Balaban J connectivity index is 1.47. The minimum absolute atomic E-state index is 0.0154. The molecular formula is C53H55F4N3O5S3. The second-order valence-electron chi connectivity index (χ2n) is 18.9. The minimum atomic E-state index is -5.83. The fourth-order valence-electron chi connectivity index (χ4n) is 8.60. The van der Waals surface area contributed by atoms with E-state index in [1.54, 1.807) is 30.3 Å². The molecule has 358 valence electrons. The average Bonchev–Trinajstić information content (AvgIpc) is 3.25. The lowest BCUT2D eigenvalue weighted by Crippen LogP contribution is -2.33. The Hall–Kier alpha value is -5.48. The molecule has 1 aliphatic heterocycles. The molecule has 0 bridgehead atoms. The topological polar surface area (TPSA) is 118 Å². The molecule has 0 radical (unpaired) electrons. The first-order valence-electron chi connectivity index (χ1n) is 22.5. The summed E-state index contributed by atoms with van der Waals surface area (Å²) in [5.74, 6) is -7.14. The predicted molar refractivity (Wildman–Crippen MR) is 265 cm³/mol. The Bertz CT molecular complexity index is 3230. The number of hydrogen-bond acceptors (Lipinski definition) is 8. The lowest BCUT2D eigenvalue weighted by Gasteiger charge is -2.21. The van der Waals surface area contributed by atoms with Crippen molar-refractivity contribution < 1.29 is 38.8 Å². The van der Waals surface area contributed by atoms with Gasteiger partial charge in [0.2, 0.25) is 0 Å². The van der Waals surface area contributed by atoms with Crippen LogP contribution in [-0.2, 0) is 45.7 Å². The Kier molecular flexibility index (Phi) is 15.0. The van der Waals surface area contributed by atoms with Gasteiger partial charge in [-0.3, -0.25) is 0 Å². The van der Waals surface area contributed by atoms with Crippen molar-refractivity contribution in [2.45, 2.75) is 95.8 Å². The molecule has 0 amide bonds. The van der Waals surface area contributed by atoms with Crippen molar-refractivity contribution >= 4 is 60.7 Å². The molecule has 15 heteroatoms. The van der Waals surface area contributed by atoms with Crippen molar-refractivity contribution in [3.8, 4) is 22.5 Å². The zero-order valence-corrected chi connectivity index (χ0v) is 41.7. The van der Waals surface area contributed by atoms with E-state index in [1.807, 2.05) is 18.2 Å². The van der Waals surface area contributed by atoms with Crippen LogP contribution in [0.2, 0.25) is 0 Å². The molecule has 1 aliphatic carbocycles. The molecule has 0 spiro atoms. The molecular weight excluding hydrogens is 931 g/mol. The molecule has 0 fully saturated rings. The maximum atomic E-state index is 15.1. The van der Waals surface area contributed by atoms with E-state index in [-0.39, 0.29) is 5.56 Å². The molecule has 1 heterocycles. The summed E-state index contributed by atoms with van der Waals surface area (Å²) in [5.41, 5.74) is 8.04. The molecule has 68 heavy (non-hydrogen) atoms. The van der Waals surface area contributed by atoms with E-state index in [2.05, 4.69) is 104 Å². The summed E-state index contributed by atoms with van der Waals surface area (Å²) < 4.78 is 123. The van der Waals surface area contributed by atoms with Crippen LogP contribution in [0.4, 0.5) is 34.6 Å². The summed E-state index contributed by atoms with van der Waals surface area (Å²) in [6.45, 7) is 17.2. The van der Waals surface area contributed by atoms with Crippen molar-refractivity contribution in [2.75, 3.05) is 5.32 Å². The van der Waals surface area contributed by atoms with Gasteiger partial charge >= 0.3 is 0 Å². The number of anilines is 2. The predicted octanol–water partition coefficient (Wildman–Crippen LogP) is 13.5. The van der Waals surface area contributed by atoms with E-state index in [4.69, 9.17) is 9.41 Å². The molecule has 0 saturated carbocycles. The first kappa shape index (κ1) is 50.4. The lowest BCUT2D eigenvalue weighted by molar-refractivity contribution is 0.395. The maximum Gasteiger partial charge on any atom is 0.259 e. The zero-order valence-electron chi connectivity index (χ0n) is 39.1. The maximum absolute atomic E-state index is 15.1. The molecule has 8 nitrogen and oxygen atoms in total. The minimum Gasteiger partial charge on any atom is -0.456 e. The second-order valence-corrected chi connectivity index (χ2v) is 22.9. The van der Waals surface area contributed by atoms with Crippen LogP contribution in [0.1, 0.15) is 77.6 Å². The highest BCUT2D eigenvalue weighted by atomic mass is 32.3. The average molecular weight is 986 g/mol. The number of rotatable bonds is 16. The number of halogens is 4. The van der Waals surface area contributed by atoms with Crippen LogP contribution in [0.25, 0.3) is 33.4 Å². The van der Waals surface area contributed by atoms with Gasteiger partial charge in [-0.1, -0.05) is 110 Å². The fourth-order valence-corrected chi connectivity index (χ4v) is 12.0. The van der Waals surface area contributed by atoms with Crippen LogP contribution in [-0.4, -0.2) is 16.8 Å². The zero-order chi connectivity index (χ0) is 49.4. The first-order valence-corrected chi connectivity index (χ1v) is 25.9. The van der Waals surface area contributed by atoms with Gasteiger partial charge in [0.15, 0.2) is 28.2 Å². The Morgan fingerprint density at radius 2 is 1.12 bits per heavy atom. The standard InChI is InChI=1S/C53H55F4N3O5S3/c1-29(2)23-33-13-11-14-34(24-30(3)4)50(33)58-37-19-21-39-42(27-37)65-43-28-38(59-51-35(25-31(5)6)15-12-16-36(51)26-32(7)8)20-22-40(43)45(39)41-17-9-10-18-44(41)67(61,62)60-68(63,64)53-48(56)46(54)52(66)47(55)49(53)57/h9-22,27-32,58,60,66H,23-26H2,1-8H3. The number of para-hydroxylation sites is 2.